The number of aliphatic hydroxyl groups excluding tert-OH is 2. The fourth-order valence-electron chi connectivity index (χ4n) is 1.94. The number of benzene rings is 2. The minimum absolute atomic E-state index is 0.0308. The molecule has 0 amide bonds. The van der Waals surface area contributed by atoms with Crippen molar-refractivity contribution < 1.29 is 19.7 Å². The van der Waals surface area contributed by atoms with Gasteiger partial charge in [0.2, 0.25) is 0 Å². The van der Waals surface area contributed by atoms with Gasteiger partial charge in [-0.2, -0.15) is 0 Å². The van der Waals surface area contributed by atoms with E-state index in [2.05, 4.69) is 0 Å². The van der Waals surface area contributed by atoms with Gasteiger partial charge in [-0.05, 0) is 12.1 Å². The topological polar surface area (TPSA) is 58.9 Å². The first-order valence-corrected chi connectivity index (χ1v) is 7.52. The quantitative estimate of drug-likeness (QED) is 0.825. The summed E-state index contributed by atoms with van der Waals surface area (Å²) in [6, 6.07) is 15.2. The highest BCUT2D eigenvalue weighted by Crippen LogP contribution is 2.36. The maximum absolute atomic E-state index is 8.88. The summed E-state index contributed by atoms with van der Waals surface area (Å²) in [6.45, 7) is 4.43. The zero-order valence-electron chi connectivity index (χ0n) is 13.2. The molecule has 0 radical (unpaired) electrons. The molecule has 0 spiro atoms. The molecule has 0 aliphatic heterocycles. The van der Waals surface area contributed by atoms with Crippen LogP contribution in [0.4, 0.5) is 0 Å². The lowest BCUT2D eigenvalue weighted by Crippen LogP contribution is -2.04. The standard InChI is InChI=1S/C16H18O4.C2H6/c17-9-11-19-15-7-3-1-5-13(15)14-6-2-4-8-16(14)20-12-10-18;1-2/h1-8,17-18H,9-12H2;1-2H3. The van der Waals surface area contributed by atoms with Crippen molar-refractivity contribution in [2.45, 2.75) is 13.8 Å². The number of aliphatic hydroxyl groups is 2. The molecule has 2 rings (SSSR count). The lowest BCUT2D eigenvalue weighted by Gasteiger charge is -2.14. The molecule has 0 saturated carbocycles. The summed E-state index contributed by atoms with van der Waals surface area (Å²) in [4.78, 5) is 0. The van der Waals surface area contributed by atoms with Crippen LogP contribution < -0.4 is 9.47 Å². The van der Waals surface area contributed by atoms with Crippen LogP contribution in [0, 0.1) is 0 Å². The van der Waals surface area contributed by atoms with E-state index in [9.17, 15) is 0 Å². The first-order valence-electron chi connectivity index (χ1n) is 7.52. The summed E-state index contributed by atoms with van der Waals surface area (Å²) >= 11 is 0. The van der Waals surface area contributed by atoms with E-state index in [4.69, 9.17) is 19.7 Å². The van der Waals surface area contributed by atoms with Crippen LogP contribution in [0.3, 0.4) is 0 Å². The lowest BCUT2D eigenvalue weighted by atomic mass is 10.0. The molecule has 0 aliphatic rings. The molecule has 4 nitrogen and oxygen atoms in total. The van der Waals surface area contributed by atoms with Crippen molar-refractivity contribution in [1.82, 2.24) is 0 Å². The average Bonchev–Trinajstić information content (AvgIpc) is 2.60. The van der Waals surface area contributed by atoms with Crippen molar-refractivity contribution in [1.29, 1.82) is 0 Å². The summed E-state index contributed by atoms with van der Waals surface area (Å²) in [5.41, 5.74) is 1.80. The van der Waals surface area contributed by atoms with Gasteiger partial charge in [0.15, 0.2) is 0 Å². The molecule has 0 bridgehead atoms. The molecule has 0 heterocycles. The molecule has 0 unspecified atom stereocenters. The molecule has 2 N–H and O–H groups in total. The molecule has 4 heteroatoms. The number of rotatable bonds is 7. The lowest BCUT2D eigenvalue weighted by molar-refractivity contribution is 0.200. The zero-order valence-corrected chi connectivity index (χ0v) is 13.2. The minimum Gasteiger partial charge on any atom is -0.491 e. The van der Waals surface area contributed by atoms with Crippen LogP contribution in [0.2, 0.25) is 0 Å². The third kappa shape index (κ3) is 5.06. The molecular weight excluding hydrogens is 280 g/mol. The second kappa shape index (κ2) is 10.7. The largest absolute Gasteiger partial charge is 0.491 e. The second-order valence-electron chi connectivity index (χ2n) is 4.14. The Hall–Kier alpha value is -2.04. The van der Waals surface area contributed by atoms with E-state index in [0.29, 0.717) is 11.5 Å². The summed E-state index contributed by atoms with van der Waals surface area (Å²) in [5.74, 6) is 1.39. The van der Waals surface area contributed by atoms with Crippen LogP contribution in [0.1, 0.15) is 13.8 Å². The van der Waals surface area contributed by atoms with Gasteiger partial charge in [-0.15, -0.1) is 0 Å². The minimum atomic E-state index is -0.0308. The fraction of sp³-hybridized carbons (Fsp3) is 0.333. The molecule has 2 aromatic rings. The molecule has 0 saturated heterocycles. The first kappa shape index (κ1) is 18.0. The van der Waals surface area contributed by atoms with Crippen LogP contribution in [0.15, 0.2) is 48.5 Å². The molecule has 0 atom stereocenters. The van der Waals surface area contributed by atoms with Crippen LogP contribution in [-0.2, 0) is 0 Å². The van der Waals surface area contributed by atoms with Gasteiger partial charge in [-0.25, -0.2) is 0 Å². The van der Waals surface area contributed by atoms with E-state index in [0.717, 1.165) is 11.1 Å². The summed E-state index contributed by atoms with van der Waals surface area (Å²) in [6.07, 6.45) is 0. The van der Waals surface area contributed by atoms with Crippen LogP contribution in [0.5, 0.6) is 11.5 Å². The Morgan fingerprint density at radius 3 is 1.41 bits per heavy atom. The van der Waals surface area contributed by atoms with Gasteiger partial charge in [-0.1, -0.05) is 50.2 Å². The van der Waals surface area contributed by atoms with E-state index in [-0.39, 0.29) is 26.4 Å². The normalized spacial score (nSPS) is 9.64. The van der Waals surface area contributed by atoms with Gasteiger partial charge in [0.1, 0.15) is 24.7 Å². The second-order valence-corrected chi connectivity index (χ2v) is 4.14. The van der Waals surface area contributed by atoms with Crippen molar-refractivity contribution in [3.63, 3.8) is 0 Å². The molecular formula is C18H24O4. The van der Waals surface area contributed by atoms with Gasteiger partial charge in [0.25, 0.3) is 0 Å². The van der Waals surface area contributed by atoms with Crippen molar-refractivity contribution in [2.24, 2.45) is 0 Å². The number of hydrogen-bond acceptors (Lipinski definition) is 4. The first-order chi connectivity index (χ1) is 10.9. The summed E-state index contributed by atoms with van der Waals surface area (Å²) in [7, 11) is 0. The van der Waals surface area contributed by atoms with Gasteiger partial charge < -0.3 is 19.7 Å². The monoisotopic (exact) mass is 304 g/mol. The maximum Gasteiger partial charge on any atom is 0.127 e. The Morgan fingerprint density at radius 1 is 0.682 bits per heavy atom. The molecule has 0 fully saturated rings. The van der Waals surface area contributed by atoms with Crippen molar-refractivity contribution in [3.8, 4) is 22.6 Å². The Balaban J connectivity index is 0.00000116. The van der Waals surface area contributed by atoms with Gasteiger partial charge >= 0.3 is 0 Å². The smallest absolute Gasteiger partial charge is 0.127 e. The third-order valence-corrected chi connectivity index (χ3v) is 2.76. The van der Waals surface area contributed by atoms with E-state index in [1.165, 1.54) is 0 Å². The Morgan fingerprint density at radius 2 is 1.05 bits per heavy atom. The predicted molar refractivity (Wildman–Crippen MR) is 88.4 cm³/mol. The van der Waals surface area contributed by atoms with E-state index in [1.807, 2.05) is 62.4 Å². The van der Waals surface area contributed by atoms with Crippen molar-refractivity contribution in [3.05, 3.63) is 48.5 Å². The molecule has 22 heavy (non-hydrogen) atoms. The molecule has 0 aromatic heterocycles. The van der Waals surface area contributed by atoms with E-state index in [1.54, 1.807) is 0 Å². The average molecular weight is 304 g/mol. The summed E-state index contributed by atoms with van der Waals surface area (Å²) in [5, 5.41) is 17.8. The summed E-state index contributed by atoms with van der Waals surface area (Å²) < 4.78 is 11.1. The van der Waals surface area contributed by atoms with Crippen molar-refractivity contribution >= 4 is 0 Å². The van der Waals surface area contributed by atoms with Gasteiger partial charge in [0.05, 0.1) is 13.2 Å². The van der Waals surface area contributed by atoms with Gasteiger partial charge in [0, 0.05) is 11.1 Å². The van der Waals surface area contributed by atoms with Crippen LogP contribution in [0.25, 0.3) is 11.1 Å². The Kier molecular flexibility index (Phi) is 8.72. The fourth-order valence-corrected chi connectivity index (χ4v) is 1.94. The highest BCUT2D eigenvalue weighted by molar-refractivity contribution is 5.75. The Labute approximate surface area is 131 Å². The SMILES string of the molecule is CC.OCCOc1ccccc1-c1ccccc1OCCO. The third-order valence-electron chi connectivity index (χ3n) is 2.76. The zero-order chi connectivity index (χ0) is 16.2. The van der Waals surface area contributed by atoms with Crippen molar-refractivity contribution in [2.75, 3.05) is 26.4 Å². The highest BCUT2D eigenvalue weighted by atomic mass is 16.5. The molecule has 0 aliphatic carbocycles. The number of ether oxygens (including phenoxy) is 2. The predicted octanol–water partition coefficient (Wildman–Crippen LogP) is 3.12. The van der Waals surface area contributed by atoms with E-state index < -0.39 is 0 Å². The Bertz CT molecular complexity index is 491. The van der Waals surface area contributed by atoms with Crippen LogP contribution in [-0.4, -0.2) is 36.6 Å². The van der Waals surface area contributed by atoms with Gasteiger partial charge in [-0.3, -0.25) is 0 Å². The number of para-hydroxylation sites is 2. The maximum atomic E-state index is 8.88. The molecule has 120 valence electrons. The highest BCUT2D eigenvalue weighted by Gasteiger charge is 2.10. The number of hydrogen-bond donors (Lipinski definition) is 2. The van der Waals surface area contributed by atoms with Crippen LogP contribution >= 0.6 is 0 Å². The van der Waals surface area contributed by atoms with E-state index >= 15 is 0 Å². The molecule has 2 aromatic carbocycles.